The summed E-state index contributed by atoms with van der Waals surface area (Å²) < 4.78 is 47.2. The lowest BCUT2D eigenvalue weighted by Crippen LogP contribution is -2.60. The molecule has 14 heteroatoms. The number of methoxy groups -OCH3 is 2. The Balaban J connectivity index is 1.22. The van der Waals surface area contributed by atoms with E-state index in [0.717, 1.165) is 23.1 Å². The van der Waals surface area contributed by atoms with Crippen molar-refractivity contribution in [1.29, 1.82) is 0 Å². The van der Waals surface area contributed by atoms with Crippen LogP contribution in [0.4, 0.5) is 25.0 Å². The zero-order chi connectivity index (χ0) is 33.1. The van der Waals surface area contributed by atoms with Gasteiger partial charge in [0.2, 0.25) is 11.8 Å². The fraction of sp³-hybridized carbons (Fsp3) is 0.182. The Hall–Kier alpha value is -6.05. The number of fused-ring (bicyclic) bond motifs is 1. The number of amides is 4. The molecule has 1 N–H and O–H groups in total. The molecule has 4 amide bonds. The van der Waals surface area contributed by atoms with Crippen molar-refractivity contribution in [3.63, 3.8) is 0 Å². The number of benzene rings is 3. The van der Waals surface area contributed by atoms with E-state index in [1.807, 2.05) is 0 Å². The predicted molar refractivity (Wildman–Crippen MR) is 167 cm³/mol. The van der Waals surface area contributed by atoms with Gasteiger partial charge in [-0.3, -0.25) is 19.3 Å². The summed E-state index contributed by atoms with van der Waals surface area (Å²) in [5.41, 5.74) is 0.704. The zero-order valence-corrected chi connectivity index (χ0v) is 25.2. The van der Waals surface area contributed by atoms with E-state index in [0.29, 0.717) is 34.7 Å². The van der Waals surface area contributed by atoms with E-state index in [1.54, 1.807) is 41.3 Å². The number of pyridine rings is 1. The molecule has 3 heterocycles. The summed E-state index contributed by atoms with van der Waals surface area (Å²) in [6.07, 6.45) is 4.82. The van der Waals surface area contributed by atoms with Gasteiger partial charge in [-0.25, -0.2) is 18.5 Å². The summed E-state index contributed by atoms with van der Waals surface area (Å²) in [6, 6.07) is 14.6. The molecule has 1 aliphatic heterocycles. The maximum absolute atomic E-state index is 15.3. The van der Waals surface area contributed by atoms with Gasteiger partial charge in [0, 0.05) is 54.9 Å². The highest BCUT2D eigenvalue weighted by atomic mass is 19.1. The van der Waals surface area contributed by atoms with Gasteiger partial charge >= 0.3 is 6.03 Å². The molecule has 0 radical (unpaired) electrons. The molecule has 1 unspecified atom stereocenters. The largest absolute Gasteiger partial charge is 0.493 e. The summed E-state index contributed by atoms with van der Waals surface area (Å²) in [7, 11) is 3.00. The van der Waals surface area contributed by atoms with Gasteiger partial charge < -0.3 is 24.4 Å². The first kappa shape index (κ1) is 31.0. The van der Waals surface area contributed by atoms with Crippen LogP contribution in [0.2, 0.25) is 0 Å². The number of imide groups is 1. The van der Waals surface area contributed by atoms with Crippen LogP contribution in [0.15, 0.2) is 85.3 Å². The second kappa shape index (κ2) is 13.1. The van der Waals surface area contributed by atoms with Gasteiger partial charge in [0.1, 0.15) is 17.5 Å². The molecule has 0 aliphatic carbocycles. The smallest absolute Gasteiger partial charge is 0.331 e. The van der Waals surface area contributed by atoms with Crippen LogP contribution < -0.4 is 24.4 Å². The molecule has 1 saturated heterocycles. The van der Waals surface area contributed by atoms with Gasteiger partial charge in [0.15, 0.2) is 23.1 Å². The first-order valence-corrected chi connectivity index (χ1v) is 14.4. The molecule has 3 aromatic carbocycles. The number of nitrogens with one attached hydrogen (secondary N) is 1. The number of carbonyl (C=O) groups is 3. The van der Waals surface area contributed by atoms with E-state index in [1.165, 1.54) is 49.6 Å². The van der Waals surface area contributed by atoms with Gasteiger partial charge in [-0.05, 0) is 54.6 Å². The zero-order valence-electron chi connectivity index (χ0n) is 25.2. The monoisotopic (exact) mass is 642 g/mol. The highest BCUT2D eigenvalue weighted by molar-refractivity contribution is 6.23. The lowest BCUT2D eigenvalue weighted by atomic mass is 10.0. The van der Waals surface area contributed by atoms with Crippen molar-refractivity contribution in [2.75, 3.05) is 37.5 Å². The number of rotatable bonds is 10. The van der Waals surface area contributed by atoms with Gasteiger partial charge in [-0.2, -0.15) is 5.10 Å². The molecule has 6 rings (SSSR count). The summed E-state index contributed by atoms with van der Waals surface area (Å²) in [5, 5.41) is 7.26. The van der Waals surface area contributed by atoms with E-state index in [-0.39, 0.29) is 30.2 Å². The van der Waals surface area contributed by atoms with Crippen molar-refractivity contribution in [1.82, 2.24) is 19.7 Å². The Bertz CT molecular complexity index is 1950. The van der Waals surface area contributed by atoms with Crippen molar-refractivity contribution in [3.05, 3.63) is 97.0 Å². The van der Waals surface area contributed by atoms with Crippen molar-refractivity contribution in [2.24, 2.45) is 5.92 Å². The van der Waals surface area contributed by atoms with Crippen molar-refractivity contribution in [2.45, 2.75) is 6.54 Å². The van der Waals surface area contributed by atoms with Gasteiger partial charge in [-0.1, -0.05) is 0 Å². The van der Waals surface area contributed by atoms with Crippen LogP contribution >= 0.6 is 0 Å². The summed E-state index contributed by atoms with van der Waals surface area (Å²) >= 11 is 0. The number of aromatic nitrogens is 3. The second-order valence-corrected chi connectivity index (χ2v) is 10.5. The number of urea groups is 1. The molecule has 0 saturated carbocycles. The molecule has 1 atom stereocenters. The normalized spacial score (nSPS) is 14.8. The van der Waals surface area contributed by atoms with Crippen LogP contribution in [0.1, 0.15) is 0 Å². The van der Waals surface area contributed by atoms with E-state index in [9.17, 15) is 18.8 Å². The quantitative estimate of drug-likeness (QED) is 0.205. The number of ether oxygens (including phenoxy) is 3. The lowest BCUT2D eigenvalue weighted by Gasteiger charge is -2.37. The summed E-state index contributed by atoms with van der Waals surface area (Å²) in [6.45, 7) is 0.214. The van der Waals surface area contributed by atoms with Crippen molar-refractivity contribution in [3.8, 4) is 23.0 Å². The van der Waals surface area contributed by atoms with E-state index >= 15 is 4.39 Å². The average molecular weight is 643 g/mol. The topological polar surface area (TPSA) is 128 Å². The molecule has 2 aromatic heterocycles. The van der Waals surface area contributed by atoms with Gasteiger partial charge in [0.05, 0.1) is 32.0 Å². The van der Waals surface area contributed by atoms with Crippen LogP contribution in [0.5, 0.6) is 23.0 Å². The summed E-state index contributed by atoms with van der Waals surface area (Å²) in [5.74, 6) is -3.15. The highest BCUT2D eigenvalue weighted by Gasteiger charge is 2.43. The Morgan fingerprint density at radius 1 is 0.915 bits per heavy atom. The molecular formula is C33H28F2N6O6. The minimum absolute atomic E-state index is 0.0620. The Kier molecular flexibility index (Phi) is 8.65. The first-order chi connectivity index (χ1) is 22.7. The molecular weight excluding hydrogens is 614 g/mol. The molecule has 0 bridgehead atoms. The minimum atomic E-state index is -1.34. The fourth-order valence-corrected chi connectivity index (χ4v) is 5.18. The van der Waals surface area contributed by atoms with Crippen LogP contribution in [-0.4, -0.2) is 64.8 Å². The Morgan fingerprint density at radius 3 is 2.38 bits per heavy atom. The number of hydrogen-bond donors (Lipinski definition) is 1. The highest BCUT2D eigenvalue weighted by Crippen LogP contribution is 2.37. The maximum Gasteiger partial charge on any atom is 0.331 e. The van der Waals surface area contributed by atoms with Crippen LogP contribution in [0.25, 0.3) is 10.9 Å². The van der Waals surface area contributed by atoms with Crippen LogP contribution in [0, 0.1) is 17.6 Å². The number of anilines is 2. The molecule has 1 aliphatic rings. The first-order valence-electron chi connectivity index (χ1n) is 14.4. The van der Waals surface area contributed by atoms with E-state index in [2.05, 4.69) is 15.4 Å². The van der Waals surface area contributed by atoms with Crippen LogP contribution in [-0.2, 0) is 16.1 Å². The molecule has 47 heavy (non-hydrogen) atoms. The molecule has 240 valence electrons. The maximum atomic E-state index is 15.3. The predicted octanol–water partition coefficient (Wildman–Crippen LogP) is 5.24. The fourth-order valence-electron chi connectivity index (χ4n) is 5.18. The third-order valence-electron chi connectivity index (χ3n) is 7.57. The Labute approximate surface area is 267 Å². The standard InChI is InChI=1S/C33H28F2N6O6/c1-45-29-17-23-26(18-30(29)46-2)36-12-10-27(23)47-28-9-6-21(16-25(28)35)38-31(42)24-19-39(14-15-40-13-3-11-37-40)33(44)41(32(24)43)22-7-4-20(34)5-8-22/h3-13,16-18,24H,14-15,19H2,1-2H3,(H,38,42). The average Bonchev–Trinajstić information content (AvgIpc) is 3.60. The van der Waals surface area contributed by atoms with E-state index < -0.39 is 35.4 Å². The molecule has 12 nitrogen and oxygen atoms in total. The Morgan fingerprint density at radius 2 is 1.68 bits per heavy atom. The minimum Gasteiger partial charge on any atom is -0.493 e. The van der Waals surface area contributed by atoms with E-state index in [4.69, 9.17) is 14.2 Å². The molecule has 1 fully saturated rings. The van der Waals surface area contributed by atoms with Gasteiger partial charge in [-0.15, -0.1) is 0 Å². The van der Waals surface area contributed by atoms with Crippen molar-refractivity contribution < 1.29 is 37.4 Å². The third-order valence-corrected chi connectivity index (χ3v) is 7.57. The molecule has 5 aromatic rings. The second-order valence-electron chi connectivity index (χ2n) is 10.5. The SMILES string of the molecule is COc1cc2nccc(Oc3ccc(NC(=O)C4CN(CCn5cccn5)C(=O)N(c5ccc(F)cc5)C4=O)cc3F)c2cc1OC. The third kappa shape index (κ3) is 6.38. The number of halogens is 2. The van der Waals surface area contributed by atoms with Gasteiger partial charge in [0.25, 0.3) is 0 Å². The number of nitrogens with zero attached hydrogens (tertiary/aromatic N) is 5. The van der Waals surface area contributed by atoms with Crippen LogP contribution in [0.3, 0.4) is 0 Å². The molecule has 0 spiro atoms. The number of carbonyl (C=O) groups excluding carboxylic acids is 3. The van der Waals surface area contributed by atoms with Crippen molar-refractivity contribution >= 4 is 40.1 Å². The number of hydrogen-bond acceptors (Lipinski definition) is 8. The summed E-state index contributed by atoms with van der Waals surface area (Å²) in [4.78, 5) is 46.9. The lowest BCUT2D eigenvalue weighted by molar-refractivity contribution is -0.132.